The Balaban J connectivity index is 2.19. The number of rotatable bonds is 5. The minimum atomic E-state index is -3.77. The van der Waals surface area contributed by atoms with E-state index in [4.69, 9.17) is 5.73 Å². The van der Waals surface area contributed by atoms with Gasteiger partial charge in [0.25, 0.3) is 0 Å². The number of hydrogen-bond donors (Lipinski definition) is 3. The first kappa shape index (κ1) is 15.0. The van der Waals surface area contributed by atoms with E-state index in [9.17, 15) is 13.2 Å². The van der Waals surface area contributed by atoms with Crippen molar-refractivity contribution in [3.63, 3.8) is 0 Å². The van der Waals surface area contributed by atoms with E-state index in [-0.39, 0.29) is 17.0 Å². The highest BCUT2D eigenvalue weighted by molar-refractivity contribution is 7.89. The average Bonchev–Trinajstić information content (AvgIpc) is 2.90. The molecule has 0 atom stereocenters. The van der Waals surface area contributed by atoms with Crippen molar-refractivity contribution in [1.82, 2.24) is 14.9 Å². The van der Waals surface area contributed by atoms with E-state index in [1.54, 1.807) is 0 Å². The molecule has 21 heavy (non-hydrogen) atoms. The van der Waals surface area contributed by atoms with Gasteiger partial charge in [0.05, 0.1) is 23.8 Å². The van der Waals surface area contributed by atoms with Crippen LogP contribution in [0.1, 0.15) is 15.9 Å². The van der Waals surface area contributed by atoms with Crippen molar-refractivity contribution in [2.45, 2.75) is 11.4 Å². The Morgan fingerprint density at radius 2 is 2.24 bits per heavy atom. The van der Waals surface area contributed by atoms with Crippen LogP contribution in [0.15, 0.2) is 35.4 Å². The highest BCUT2D eigenvalue weighted by atomic mass is 32.2. The Hall–Kier alpha value is -2.39. The molecule has 112 valence electrons. The summed E-state index contributed by atoms with van der Waals surface area (Å²) in [4.78, 5) is 11.4. The first-order valence-corrected chi connectivity index (χ1v) is 7.38. The molecular formula is C12H14N4O4S. The Morgan fingerprint density at radius 3 is 2.86 bits per heavy atom. The summed E-state index contributed by atoms with van der Waals surface area (Å²) in [5, 5.41) is 6.21. The maximum absolute atomic E-state index is 12.2. The summed E-state index contributed by atoms with van der Waals surface area (Å²) in [5.41, 5.74) is 6.26. The van der Waals surface area contributed by atoms with Gasteiger partial charge in [-0.3, -0.25) is 5.10 Å². The molecule has 4 N–H and O–H groups in total. The van der Waals surface area contributed by atoms with Crippen molar-refractivity contribution in [3.05, 3.63) is 41.6 Å². The number of esters is 1. The van der Waals surface area contributed by atoms with Gasteiger partial charge in [0.1, 0.15) is 5.82 Å². The number of hydrogen-bond acceptors (Lipinski definition) is 6. The number of aromatic nitrogens is 2. The Morgan fingerprint density at radius 1 is 1.48 bits per heavy atom. The quantitative estimate of drug-likeness (QED) is 0.680. The molecule has 0 saturated carbocycles. The molecule has 2 aromatic rings. The summed E-state index contributed by atoms with van der Waals surface area (Å²) in [6.07, 6.45) is 1.43. The second kappa shape index (κ2) is 5.94. The zero-order chi connectivity index (χ0) is 15.5. The predicted octanol–water partition coefficient (Wildman–Crippen LogP) is 0.257. The highest BCUT2D eigenvalue weighted by Gasteiger charge is 2.17. The van der Waals surface area contributed by atoms with Gasteiger partial charge >= 0.3 is 5.97 Å². The van der Waals surface area contributed by atoms with E-state index in [1.165, 1.54) is 37.6 Å². The number of nitrogens with one attached hydrogen (secondary N) is 2. The molecule has 1 aromatic carbocycles. The number of sulfonamides is 1. The number of benzene rings is 1. The molecule has 2 rings (SSSR count). The molecule has 9 heteroatoms. The van der Waals surface area contributed by atoms with Crippen LogP contribution in [0.2, 0.25) is 0 Å². The van der Waals surface area contributed by atoms with Crippen LogP contribution in [-0.2, 0) is 21.3 Å². The molecule has 1 aromatic heterocycles. The lowest BCUT2D eigenvalue weighted by Crippen LogP contribution is -2.23. The standard InChI is InChI=1S/C12H14N4O4S/c1-20-12(17)8-3-2-4-10(5-8)21(18,19)15-7-9-6-14-16-11(9)13/h2-6,15H,7H2,1H3,(H3,13,14,16). The number of carbonyl (C=O) groups excluding carboxylic acids is 1. The fourth-order valence-corrected chi connectivity index (χ4v) is 2.68. The smallest absolute Gasteiger partial charge is 0.337 e. The lowest BCUT2D eigenvalue weighted by Gasteiger charge is -2.07. The number of aromatic amines is 1. The number of carbonyl (C=O) groups is 1. The molecule has 0 bridgehead atoms. The number of methoxy groups -OCH3 is 1. The maximum atomic E-state index is 12.2. The summed E-state index contributed by atoms with van der Waals surface area (Å²) in [5.74, 6) is -0.313. The van der Waals surface area contributed by atoms with Gasteiger partial charge in [-0.1, -0.05) is 6.07 Å². The van der Waals surface area contributed by atoms with Crippen molar-refractivity contribution in [1.29, 1.82) is 0 Å². The Bertz CT molecular complexity index is 754. The van der Waals surface area contributed by atoms with E-state index >= 15 is 0 Å². The largest absolute Gasteiger partial charge is 0.465 e. The van der Waals surface area contributed by atoms with Crippen LogP contribution in [0.3, 0.4) is 0 Å². The minimum Gasteiger partial charge on any atom is -0.465 e. The molecule has 0 aliphatic carbocycles. The summed E-state index contributed by atoms with van der Waals surface area (Å²) >= 11 is 0. The second-order valence-corrected chi connectivity index (χ2v) is 5.92. The normalized spacial score (nSPS) is 11.3. The molecule has 0 aliphatic heterocycles. The van der Waals surface area contributed by atoms with E-state index in [2.05, 4.69) is 19.7 Å². The Kier molecular flexibility index (Phi) is 4.24. The first-order valence-electron chi connectivity index (χ1n) is 5.90. The molecular weight excluding hydrogens is 296 g/mol. The number of nitrogens with zero attached hydrogens (tertiary/aromatic N) is 1. The molecule has 0 saturated heterocycles. The number of anilines is 1. The second-order valence-electron chi connectivity index (χ2n) is 4.15. The van der Waals surface area contributed by atoms with Gasteiger partial charge in [-0.05, 0) is 18.2 Å². The molecule has 0 fully saturated rings. The number of nitrogen functional groups attached to an aromatic ring is 1. The summed E-state index contributed by atoms with van der Waals surface area (Å²) in [6, 6.07) is 5.56. The van der Waals surface area contributed by atoms with Crippen molar-refractivity contribution >= 4 is 21.8 Å². The predicted molar refractivity (Wildman–Crippen MR) is 74.8 cm³/mol. The van der Waals surface area contributed by atoms with E-state index in [1.807, 2.05) is 0 Å². The molecule has 1 heterocycles. The fraction of sp³-hybridized carbons (Fsp3) is 0.167. The minimum absolute atomic E-state index is 0.00683. The van der Waals surface area contributed by atoms with Gasteiger partial charge in [0.15, 0.2) is 0 Å². The molecule has 0 unspecified atom stereocenters. The van der Waals surface area contributed by atoms with Crippen LogP contribution in [0.4, 0.5) is 5.82 Å². The maximum Gasteiger partial charge on any atom is 0.337 e. The van der Waals surface area contributed by atoms with E-state index in [0.29, 0.717) is 11.4 Å². The van der Waals surface area contributed by atoms with Crippen LogP contribution >= 0.6 is 0 Å². The fourth-order valence-electron chi connectivity index (χ4n) is 1.63. The van der Waals surface area contributed by atoms with Gasteiger partial charge in [-0.25, -0.2) is 17.9 Å². The van der Waals surface area contributed by atoms with Crippen LogP contribution in [0.5, 0.6) is 0 Å². The van der Waals surface area contributed by atoms with Crippen molar-refractivity contribution < 1.29 is 17.9 Å². The van der Waals surface area contributed by atoms with Crippen molar-refractivity contribution in [2.75, 3.05) is 12.8 Å². The zero-order valence-corrected chi connectivity index (χ0v) is 12.0. The lowest BCUT2D eigenvalue weighted by molar-refractivity contribution is 0.0600. The van der Waals surface area contributed by atoms with Crippen LogP contribution in [-0.4, -0.2) is 31.7 Å². The molecule has 0 radical (unpaired) electrons. The van der Waals surface area contributed by atoms with Crippen LogP contribution in [0, 0.1) is 0 Å². The highest BCUT2D eigenvalue weighted by Crippen LogP contribution is 2.14. The monoisotopic (exact) mass is 310 g/mol. The molecule has 0 aliphatic rings. The lowest BCUT2D eigenvalue weighted by atomic mass is 10.2. The number of nitrogens with two attached hydrogens (primary N) is 1. The van der Waals surface area contributed by atoms with Gasteiger partial charge in [0, 0.05) is 12.1 Å². The van der Waals surface area contributed by atoms with E-state index < -0.39 is 16.0 Å². The first-order chi connectivity index (χ1) is 9.94. The SMILES string of the molecule is COC(=O)c1cccc(S(=O)(=O)NCc2cn[nH]c2N)c1. The summed E-state index contributed by atoms with van der Waals surface area (Å²) in [6.45, 7) is -0.00683. The zero-order valence-electron chi connectivity index (χ0n) is 11.2. The topological polar surface area (TPSA) is 127 Å². The average molecular weight is 310 g/mol. The van der Waals surface area contributed by atoms with Gasteiger partial charge < -0.3 is 10.5 Å². The van der Waals surface area contributed by atoms with Crippen molar-refractivity contribution in [2.24, 2.45) is 0 Å². The molecule has 8 nitrogen and oxygen atoms in total. The third-order valence-corrected chi connectivity index (χ3v) is 4.17. The third kappa shape index (κ3) is 3.38. The number of H-pyrrole nitrogens is 1. The third-order valence-electron chi connectivity index (χ3n) is 2.77. The molecule has 0 spiro atoms. The number of ether oxygens (including phenoxy) is 1. The Labute approximate surface area is 121 Å². The van der Waals surface area contributed by atoms with Crippen LogP contribution in [0.25, 0.3) is 0 Å². The molecule has 0 amide bonds. The summed E-state index contributed by atoms with van der Waals surface area (Å²) < 4.78 is 31.3. The van der Waals surface area contributed by atoms with Gasteiger partial charge in [0.2, 0.25) is 10.0 Å². The van der Waals surface area contributed by atoms with Crippen molar-refractivity contribution in [3.8, 4) is 0 Å². The summed E-state index contributed by atoms with van der Waals surface area (Å²) in [7, 11) is -2.55. The van der Waals surface area contributed by atoms with Gasteiger partial charge in [-0.15, -0.1) is 0 Å². The van der Waals surface area contributed by atoms with Crippen LogP contribution < -0.4 is 10.5 Å². The van der Waals surface area contributed by atoms with Gasteiger partial charge in [-0.2, -0.15) is 5.10 Å². The van der Waals surface area contributed by atoms with E-state index in [0.717, 1.165) is 0 Å².